The van der Waals surface area contributed by atoms with Gasteiger partial charge in [0.1, 0.15) is 5.00 Å². The quantitative estimate of drug-likeness (QED) is 0.613. The van der Waals surface area contributed by atoms with Gasteiger partial charge in [-0.15, -0.1) is 11.3 Å². The van der Waals surface area contributed by atoms with Gasteiger partial charge >= 0.3 is 0 Å². The lowest BCUT2D eigenvalue weighted by atomic mass is 10.1. The number of hydrogen-bond acceptors (Lipinski definition) is 5. The highest BCUT2D eigenvalue weighted by Gasteiger charge is 2.22. The average molecular weight is 381 g/mol. The standard InChI is InChI=1S/C10H13N3O2S.C7H8ClN/c11-9(15)8-6-2-1-3-12-4-7(6)16-10(8)13-5-14;1-9-7-4-2-6(8)3-5-7/h5,12H,1-4H2,(H2,11,15)(H,13,14);2-5,9H,1H3. The highest BCUT2D eigenvalue weighted by atomic mass is 35.5. The van der Waals surface area contributed by atoms with E-state index in [9.17, 15) is 9.59 Å². The van der Waals surface area contributed by atoms with E-state index in [0.717, 1.165) is 47.1 Å². The summed E-state index contributed by atoms with van der Waals surface area (Å²) in [6.07, 6.45) is 2.38. The third-order valence-electron chi connectivity index (χ3n) is 3.73. The van der Waals surface area contributed by atoms with Crippen LogP contribution in [0.15, 0.2) is 24.3 Å². The zero-order valence-electron chi connectivity index (χ0n) is 13.9. The predicted octanol–water partition coefficient (Wildman–Crippen LogP) is 2.83. The molecule has 0 atom stereocenters. The molecule has 0 fully saturated rings. The van der Waals surface area contributed by atoms with Crippen LogP contribution in [0.1, 0.15) is 27.2 Å². The van der Waals surface area contributed by atoms with E-state index in [4.69, 9.17) is 17.3 Å². The Labute approximate surface area is 155 Å². The molecular formula is C17H21ClN4O2S. The van der Waals surface area contributed by atoms with E-state index in [1.54, 1.807) is 0 Å². The zero-order valence-corrected chi connectivity index (χ0v) is 15.5. The van der Waals surface area contributed by atoms with Gasteiger partial charge in [-0.2, -0.15) is 0 Å². The molecule has 1 aliphatic rings. The topological polar surface area (TPSA) is 96.2 Å². The van der Waals surface area contributed by atoms with E-state index in [-0.39, 0.29) is 0 Å². The molecule has 1 aliphatic heterocycles. The Morgan fingerprint density at radius 1 is 1.36 bits per heavy atom. The second kappa shape index (κ2) is 9.41. The first-order valence-corrected chi connectivity index (χ1v) is 9.04. The predicted molar refractivity (Wildman–Crippen MR) is 104 cm³/mol. The zero-order chi connectivity index (χ0) is 18.2. The Morgan fingerprint density at radius 2 is 2.08 bits per heavy atom. The minimum Gasteiger partial charge on any atom is -0.388 e. The second-order valence-electron chi connectivity index (χ2n) is 5.37. The summed E-state index contributed by atoms with van der Waals surface area (Å²) in [6.45, 7) is 1.68. The maximum atomic E-state index is 11.4. The highest BCUT2D eigenvalue weighted by Crippen LogP contribution is 2.34. The smallest absolute Gasteiger partial charge is 0.251 e. The van der Waals surface area contributed by atoms with Gasteiger partial charge in [0, 0.05) is 29.2 Å². The summed E-state index contributed by atoms with van der Waals surface area (Å²) >= 11 is 7.06. The number of benzene rings is 1. The summed E-state index contributed by atoms with van der Waals surface area (Å²) in [4.78, 5) is 22.9. The first-order valence-electron chi connectivity index (χ1n) is 7.85. The van der Waals surface area contributed by atoms with Crippen LogP contribution in [-0.2, 0) is 17.8 Å². The van der Waals surface area contributed by atoms with Crippen molar-refractivity contribution in [3.63, 3.8) is 0 Å². The molecule has 6 nitrogen and oxygen atoms in total. The van der Waals surface area contributed by atoms with E-state index < -0.39 is 5.91 Å². The number of halogens is 1. The number of hydrogen-bond donors (Lipinski definition) is 4. The van der Waals surface area contributed by atoms with Crippen LogP contribution in [-0.4, -0.2) is 25.9 Å². The number of fused-ring (bicyclic) bond motifs is 1. The molecule has 2 heterocycles. The van der Waals surface area contributed by atoms with Crippen LogP contribution in [0.25, 0.3) is 0 Å². The van der Waals surface area contributed by atoms with Crippen molar-refractivity contribution in [2.75, 3.05) is 24.2 Å². The molecule has 25 heavy (non-hydrogen) atoms. The van der Waals surface area contributed by atoms with Gasteiger partial charge in [-0.1, -0.05) is 11.6 Å². The number of anilines is 2. The van der Waals surface area contributed by atoms with Crippen LogP contribution in [0.4, 0.5) is 10.7 Å². The van der Waals surface area contributed by atoms with Crippen LogP contribution < -0.4 is 21.7 Å². The molecule has 0 radical (unpaired) electrons. The lowest BCUT2D eigenvalue weighted by Gasteiger charge is -2.01. The summed E-state index contributed by atoms with van der Waals surface area (Å²) in [5.74, 6) is -0.469. The number of carbonyl (C=O) groups is 2. The highest BCUT2D eigenvalue weighted by molar-refractivity contribution is 7.16. The van der Waals surface area contributed by atoms with Gasteiger partial charge in [0.05, 0.1) is 5.56 Å². The van der Waals surface area contributed by atoms with Gasteiger partial charge < -0.3 is 21.7 Å². The van der Waals surface area contributed by atoms with Crippen molar-refractivity contribution in [1.82, 2.24) is 5.32 Å². The van der Waals surface area contributed by atoms with E-state index in [0.29, 0.717) is 17.0 Å². The van der Waals surface area contributed by atoms with Crippen molar-refractivity contribution in [2.24, 2.45) is 5.73 Å². The molecule has 0 saturated heterocycles. The summed E-state index contributed by atoms with van der Waals surface area (Å²) in [5.41, 5.74) is 7.91. The largest absolute Gasteiger partial charge is 0.388 e. The third kappa shape index (κ3) is 5.19. The molecule has 0 saturated carbocycles. The maximum absolute atomic E-state index is 11.4. The molecule has 5 N–H and O–H groups in total. The number of thiophene rings is 1. The van der Waals surface area contributed by atoms with E-state index in [1.807, 2.05) is 31.3 Å². The number of nitrogens with two attached hydrogens (primary N) is 1. The second-order valence-corrected chi connectivity index (χ2v) is 6.91. The number of amides is 2. The van der Waals surface area contributed by atoms with Crippen molar-refractivity contribution in [1.29, 1.82) is 0 Å². The molecule has 3 rings (SSSR count). The van der Waals surface area contributed by atoms with Crippen molar-refractivity contribution >= 4 is 45.9 Å². The van der Waals surface area contributed by atoms with Crippen molar-refractivity contribution < 1.29 is 9.59 Å². The molecule has 2 aromatic rings. The van der Waals surface area contributed by atoms with Crippen molar-refractivity contribution in [3.05, 3.63) is 45.3 Å². The molecule has 0 spiro atoms. The molecule has 0 aliphatic carbocycles. The Kier molecular flexibility index (Phi) is 7.24. The van der Waals surface area contributed by atoms with Crippen LogP contribution in [0.5, 0.6) is 0 Å². The number of carbonyl (C=O) groups excluding carboxylic acids is 2. The van der Waals surface area contributed by atoms with Gasteiger partial charge in [0.25, 0.3) is 5.91 Å². The molecule has 0 bridgehead atoms. The fourth-order valence-corrected chi connectivity index (χ4v) is 3.85. The van der Waals surface area contributed by atoms with E-state index in [2.05, 4.69) is 16.0 Å². The Hall–Kier alpha value is -2.09. The van der Waals surface area contributed by atoms with E-state index in [1.165, 1.54) is 11.3 Å². The van der Waals surface area contributed by atoms with Crippen LogP contribution in [0.3, 0.4) is 0 Å². The maximum Gasteiger partial charge on any atom is 0.251 e. The Balaban J connectivity index is 0.000000212. The number of rotatable bonds is 4. The fraction of sp³-hybridized carbons (Fsp3) is 0.294. The van der Waals surface area contributed by atoms with Crippen LogP contribution in [0.2, 0.25) is 5.02 Å². The molecule has 1 aromatic heterocycles. The number of primary amides is 1. The van der Waals surface area contributed by atoms with Gasteiger partial charge in [0.15, 0.2) is 0 Å². The minimum atomic E-state index is -0.469. The summed E-state index contributed by atoms with van der Waals surface area (Å²) < 4.78 is 0. The molecule has 8 heteroatoms. The van der Waals surface area contributed by atoms with E-state index >= 15 is 0 Å². The van der Waals surface area contributed by atoms with Gasteiger partial charge in [-0.3, -0.25) is 9.59 Å². The first kappa shape index (κ1) is 19.2. The average Bonchev–Trinajstić information content (AvgIpc) is 2.78. The van der Waals surface area contributed by atoms with Gasteiger partial charge in [-0.25, -0.2) is 0 Å². The van der Waals surface area contributed by atoms with Crippen LogP contribution in [0, 0.1) is 0 Å². The summed E-state index contributed by atoms with van der Waals surface area (Å²) in [5, 5.41) is 10.1. The molecule has 2 amide bonds. The van der Waals surface area contributed by atoms with Crippen molar-refractivity contribution in [2.45, 2.75) is 19.4 Å². The Morgan fingerprint density at radius 3 is 2.68 bits per heavy atom. The number of nitrogens with one attached hydrogen (secondary N) is 3. The molecule has 1 aromatic carbocycles. The minimum absolute atomic E-state index is 0.469. The molecule has 134 valence electrons. The SMILES string of the molecule is CNc1ccc(Cl)cc1.NC(=O)c1c(NC=O)sc2c1CCCNC2. The van der Waals surface area contributed by atoms with Gasteiger partial charge in [0.2, 0.25) is 6.41 Å². The van der Waals surface area contributed by atoms with Crippen LogP contribution >= 0.6 is 22.9 Å². The fourth-order valence-electron chi connectivity index (χ4n) is 2.54. The lowest BCUT2D eigenvalue weighted by molar-refractivity contribution is -0.105. The monoisotopic (exact) mass is 380 g/mol. The molecular weight excluding hydrogens is 360 g/mol. The normalized spacial score (nSPS) is 12.9. The van der Waals surface area contributed by atoms with Gasteiger partial charge in [-0.05, 0) is 49.2 Å². The summed E-state index contributed by atoms with van der Waals surface area (Å²) in [6, 6.07) is 7.57. The summed E-state index contributed by atoms with van der Waals surface area (Å²) in [7, 11) is 1.88. The first-order chi connectivity index (χ1) is 12.1. The third-order valence-corrected chi connectivity index (χ3v) is 5.14. The molecule has 0 unspecified atom stereocenters. The Bertz CT molecular complexity index is 731. The van der Waals surface area contributed by atoms with Crippen molar-refractivity contribution in [3.8, 4) is 0 Å². The lowest BCUT2D eigenvalue weighted by Crippen LogP contribution is -2.14.